The first kappa shape index (κ1) is 13.3. The monoisotopic (exact) mass is 271 g/mol. The number of benzene rings is 1. The highest BCUT2D eigenvalue weighted by atomic mass is 35.5. The maximum absolute atomic E-state index is 13.0. The molecule has 1 saturated heterocycles. The van der Waals surface area contributed by atoms with E-state index < -0.39 is 11.4 Å². The van der Waals surface area contributed by atoms with Crippen LogP contribution in [-0.4, -0.2) is 34.6 Å². The predicted octanol–water partition coefficient (Wildman–Crippen LogP) is 2.47. The second-order valence-electron chi connectivity index (χ2n) is 4.96. The molecule has 0 aromatic heterocycles. The van der Waals surface area contributed by atoms with Crippen molar-refractivity contribution in [3.8, 4) is 0 Å². The van der Waals surface area contributed by atoms with E-state index in [1.165, 1.54) is 18.2 Å². The van der Waals surface area contributed by atoms with Crippen LogP contribution < -0.4 is 0 Å². The highest BCUT2D eigenvalue weighted by molar-refractivity contribution is 6.31. The van der Waals surface area contributed by atoms with Crippen LogP contribution in [0.4, 0.5) is 4.39 Å². The van der Waals surface area contributed by atoms with E-state index in [1.54, 1.807) is 11.8 Å². The molecule has 3 nitrogen and oxygen atoms in total. The molecule has 0 radical (unpaired) electrons. The first-order chi connectivity index (χ1) is 8.39. The average Bonchev–Trinajstić information content (AvgIpc) is 2.30. The molecular weight excluding hydrogens is 257 g/mol. The molecule has 0 spiro atoms. The van der Waals surface area contributed by atoms with Gasteiger partial charge in [-0.2, -0.15) is 0 Å². The zero-order valence-corrected chi connectivity index (χ0v) is 10.9. The van der Waals surface area contributed by atoms with Gasteiger partial charge in [0.2, 0.25) is 0 Å². The number of likely N-dealkylation sites (tertiary alicyclic amines) is 1. The number of nitrogens with zero attached hydrogens (tertiary/aromatic N) is 1. The molecule has 2 rings (SSSR count). The van der Waals surface area contributed by atoms with Gasteiger partial charge in [-0.15, -0.1) is 0 Å². The number of piperidine rings is 1. The number of aliphatic hydroxyl groups is 1. The van der Waals surface area contributed by atoms with E-state index in [2.05, 4.69) is 0 Å². The molecule has 1 aromatic carbocycles. The topological polar surface area (TPSA) is 40.5 Å². The van der Waals surface area contributed by atoms with Crippen LogP contribution in [0.2, 0.25) is 5.02 Å². The Morgan fingerprint density at radius 3 is 2.89 bits per heavy atom. The van der Waals surface area contributed by atoms with Crippen molar-refractivity contribution in [2.45, 2.75) is 25.4 Å². The summed E-state index contributed by atoms with van der Waals surface area (Å²) in [5, 5.41) is 9.89. The van der Waals surface area contributed by atoms with Crippen LogP contribution in [0.3, 0.4) is 0 Å². The van der Waals surface area contributed by atoms with E-state index in [0.717, 1.165) is 6.42 Å². The molecule has 1 amide bonds. The van der Waals surface area contributed by atoms with Crippen LogP contribution in [0.25, 0.3) is 0 Å². The summed E-state index contributed by atoms with van der Waals surface area (Å²) in [7, 11) is 0. The van der Waals surface area contributed by atoms with E-state index in [9.17, 15) is 14.3 Å². The lowest BCUT2D eigenvalue weighted by atomic mass is 9.94. The van der Waals surface area contributed by atoms with Gasteiger partial charge in [0.15, 0.2) is 0 Å². The van der Waals surface area contributed by atoms with Crippen LogP contribution >= 0.6 is 11.6 Å². The summed E-state index contributed by atoms with van der Waals surface area (Å²) in [6.45, 7) is 2.61. The molecule has 1 aromatic rings. The van der Waals surface area contributed by atoms with Crippen molar-refractivity contribution in [3.05, 3.63) is 34.6 Å². The van der Waals surface area contributed by atoms with Crippen molar-refractivity contribution in [2.24, 2.45) is 0 Å². The van der Waals surface area contributed by atoms with E-state index in [0.29, 0.717) is 25.1 Å². The van der Waals surface area contributed by atoms with Crippen LogP contribution in [-0.2, 0) is 0 Å². The summed E-state index contributed by atoms with van der Waals surface area (Å²) < 4.78 is 13.0. The molecule has 1 fully saturated rings. The Kier molecular flexibility index (Phi) is 3.59. The van der Waals surface area contributed by atoms with E-state index in [-0.39, 0.29) is 10.9 Å². The van der Waals surface area contributed by atoms with Crippen molar-refractivity contribution in [1.82, 2.24) is 4.90 Å². The maximum Gasteiger partial charge on any atom is 0.254 e. The Balaban J connectivity index is 2.18. The number of carbonyl (C=O) groups excluding carboxylic acids is 1. The lowest BCUT2D eigenvalue weighted by Gasteiger charge is -2.36. The quantitative estimate of drug-likeness (QED) is 0.852. The number of hydrogen-bond acceptors (Lipinski definition) is 2. The third kappa shape index (κ3) is 2.82. The summed E-state index contributed by atoms with van der Waals surface area (Å²) in [4.78, 5) is 13.8. The molecule has 1 aliphatic heterocycles. The first-order valence-electron chi connectivity index (χ1n) is 5.86. The lowest BCUT2D eigenvalue weighted by molar-refractivity contribution is -0.0107. The highest BCUT2D eigenvalue weighted by Gasteiger charge is 2.31. The Labute approximate surface area is 110 Å². The van der Waals surface area contributed by atoms with Crippen LogP contribution in [0, 0.1) is 5.82 Å². The molecular formula is C13H15ClFNO2. The lowest BCUT2D eigenvalue weighted by Crippen LogP contribution is -2.48. The Morgan fingerprint density at radius 2 is 2.28 bits per heavy atom. The summed E-state index contributed by atoms with van der Waals surface area (Å²) >= 11 is 5.66. The molecule has 1 unspecified atom stereocenters. The summed E-state index contributed by atoms with van der Waals surface area (Å²) in [5.41, 5.74) is -0.503. The third-order valence-corrected chi connectivity index (χ3v) is 3.42. The van der Waals surface area contributed by atoms with Gasteiger partial charge in [-0.1, -0.05) is 11.6 Å². The SMILES string of the molecule is CC1(O)CCCN(C(=O)c2ccc(F)c(Cl)c2)C1. The van der Waals surface area contributed by atoms with E-state index in [4.69, 9.17) is 11.6 Å². The van der Waals surface area contributed by atoms with E-state index >= 15 is 0 Å². The molecule has 0 bridgehead atoms. The van der Waals surface area contributed by atoms with Crippen molar-refractivity contribution < 1.29 is 14.3 Å². The Hall–Kier alpha value is -1.13. The molecule has 18 heavy (non-hydrogen) atoms. The van der Waals surface area contributed by atoms with Crippen LogP contribution in [0.5, 0.6) is 0 Å². The van der Waals surface area contributed by atoms with Gasteiger partial charge < -0.3 is 10.0 Å². The molecule has 1 heterocycles. The zero-order valence-electron chi connectivity index (χ0n) is 10.1. The standard InChI is InChI=1S/C13H15ClFNO2/c1-13(18)5-2-6-16(8-13)12(17)9-3-4-11(15)10(14)7-9/h3-4,7,18H,2,5-6,8H2,1H3. The van der Waals surface area contributed by atoms with Crippen molar-refractivity contribution in [3.63, 3.8) is 0 Å². The number of amides is 1. The van der Waals surface area contributed by atoms with Crippen molar-refractivity contribution in [2.75, 3.05) is 13.1 Å². The first-order valence-corrected chi connectivity index (χ1v) is 6.23. The third-order valence-electron chi connectivity index (χ3n) is 3.13. The maximum atomic E-state index is 13.0. The van der Waals surface area contributed by atoms with Crippen LogP contribution in [0.1, 0.15) is 30.1 Å². The number of hydrogen-bond donors (Lipinski definition) is 1. The van der Waals surface area contributed by atoms with Crippen molar-refractivity contribution in [1.29, 1.82) is 0 Å². The minimum absolute atomic E-state index is 0.0652. The zero-order chi connectivity index (χ0) is 13.3. The molecule has 5 heteroatoms. The summed E-state index contributed by atoms with van der Waals surface area (Å²) in [5.74, 6) is -0.768. The summed E-state index contributed by atoms with van der Waals surface area (Å²) in [6, 6.07) is 3.91. The van der Waals surface area contributed by atoms with E-state index in [1.807, 2.05) is 0 Å². The number of rotatable bonds is 1. The fourth-order valence-electron chi connectivity index (χ4n) is 2.21. The van der Waals surface area contributed by atoms with Gasteiger partial charge in [0.05, 0.1) is 10.6 Å². The van der Waals surface area contributed by atoms with Gasteiger partial charge in [-0.3, -0.25) is 4.79 Å². The van der Waals surface area contributed by atoms with Gasteiger partial charge in [0, 0.05) is 18.7 Å². The molecule has 0 saturated carbocycles. The number of carbonyl (C=O) groups is 1. The molecule has 1 atom stereocenters. The van der Waals surface area contributed by atoms with Gasteiger partial charge in [0.1, 0.15) is 5.82 Å². The van der Waals surface area contributed by atoms with Gasteiger partial charge in [0.25, 0.3) is 5.91 Å². The average molecular weight is 272 g/mol. The van der Waals surface area contributed by atoms with Gasteiger partial charge >= 0.3 is 0 Å². The minimum atomic E-state index is -0.849. The van der Waals surface area contributed by atoms with Gasteiger partial charge in [-0.05, 0) is 38.0 Å². The summed E-state index contributed by atoms with van der Waals surface area (Å²) in [6.07, 6.45) is 1.44. The highest BCUT2D eigenvalue weighted by Crippen LogP contribution is 2.23. The predicted molar refractivity (Wildman–Crippen MR) is 67.2 cm³/mol. The second-order valence-corrected chi connectivity index (χ2v) is 5.36. The largest absolute Gasteiger partial charge is 0.388 e. The fourth-order valence-corrected chi connectivity index (χ4v) is 2.39. The Bertz CT molecular complexity index is 476. The fraction of sp³-hybridized carbons (Fsp3) is 0.462. The second kappa shape index (κ2) is 4.86. The number of halogens is 2. The smallest absolute Gasteiger partial charge is 0.254 e. The normalized spacial score (nSPS) is 24.1. The van der Waals surface area contributed by atoms with Crippen LogP contribution in [0.15, 0.2) is 18.2 Å². The molecule has 1 aliphatic rings. The van der Waals surface area contributed by atoms with Gasteiger partial charge in [-0.25, -0.2) is 4.39 Å². The molecule has 1 N–H and O–H groups in total. The molecule has 98 valence electrons. The minimum Gasteiger partial charge on any atom is -0.388 e. The Morgan fingerprint density at radius 1 is 1.56 bits per heavy atom. The van der Waals surface area contributed by atoms with Crippen molar-refractivity contribution >= 4 is 17.5 Å². The molecule has 0 aliphatic carbocycles. The number of β-amino-alcohol motifs (C(OH)–C–C–N with tert-alkyl or cyclic N) is 1.